The number of halogens is 1. The highest BCUT2D eigenvalue weighted by Crippen LogP contribution is 2.27. The van der Waals surface area contributed by atoms with Crippen molar-refractivity contribution in [3.63, 3.8) is 0 Å². The molecule has 0 amide bonds. The molecule has 0 radical (unpaired) electrons. The van der Waals surface area contributed by atoms with Crippen LogP contribution in [0.1, 0.15) is 25.7 Å². The first-order valence-electron chi connectivity index (χ1n) is 5.08. The molecule has 0 spiro atoms. The molecule has 0 aromatic carbocycles. The molecule has 0 bridgehead atoms. The molecular weight excluding hydrogens is 216 g/mol. The largest absolute Gasteiger partial charge is 0.465 e. The fourth-order valence-electron chi connectivity index (χ4n) is 1.82. The van der Waals surface area contributed by atoms with Crippen molar-refractivity contribution >= 4 is 23.4 Å². The number of rotatable bonds is 4. The van der Waals surface area contributed by atoms with Gasteiger partial charge in [0.1, 0.15) is 5.57 Å². The van der Waals surface area contributed by atoms with Crippen molar-refractivity contribution < 1.29 is 14.3 Å². The minimum atomic E-state index is -0.576. The van der Waals surface area contributed by atoms with Gasteiger partial charge in [0.05, 0.1) is 13.0 Å². The van der Waals surface area contributed by atoms with Gasteiger partial charge >= 0.3 is 5.97 Å². The Morgan fingerprint density at radius 2 is 2.00 bits per heavy atom. The summed E-state index contributed by atoms with van der Waals surface area (Å²) in [6.45, 7) is 0. The van der Waals surface area contributed by atoms with Gasteiger partial charge in [0.15, 0.2) is 5.78 Å². The Balaban J connectivity index is 2.78. The first kappa shape index (κ1) is 12.2. The van der Waals surface area contributed by atoms with Gasteiger partial charge in [-0.3, -0.25) is 4.79 Å². The van der Waals surface area contributed by atoms with Crippen LogP contribution in [-0.4, -0.2) is 24.7 Å². The van der Waals surface area contributed by atoms with Crippen molar-refractivity contribution in [2.75, 3.05) is 13.0 Å². The molecular formula is C11H15ClO3. The fraction of sp³-hybridized carbons (Fsp3) is 0.636. The highest BCUT2D eigenvalue weighted by atomic mass is 35.5. The molecule has 1 fully saturated rings. The lowest BCUT2D eigenvalue weighted by Crippen LogP contribution is -2.16. The van der Waals surface area contributed by atoms with Crippen molar-refractivity contribution in [1.82, 2.24) is 0 Å². The van der Waals surface area contributed by atoms with E-state index in [1.165, 1.54) is 7.11 Å². The zero-order valence-electron chi connectivity index (χ0n) is 8.79. The Bertz CT molecular complexity index is 260. The van der Waals surface area contributed by atoms with Gasteiger partial charge in [-0.15, -0.1) is 11.6 Å². The summed E-state index contributed by atoms with van der Waals surface area (Å²) >= 11 is 5.44. The van der Waals surface area contributed by atoms with Gasteiger partial charge in [0.25, 0.3) is 0 Å². The summed E-state index contributed by atoms with van der Waals surface area (Å²) < 4.78 is 4.56. The lowest BCUT2D eigenvalue weighted by atomic mass is 10.0. The Hall–Kier alpha value is -0.830. The highest BCUT2D eigenvalue weighted by Gasteiger charge is 2.21. The standard InChI is InChI=1S/C11H15ClO3/c1-15-11(14)9(10(13)7-12)6-8-4-2-3-5-8/h6,8H,2-5,7H2,1H3/b9-6-. The van der Waals surface area contributed by atoms with Gasteiger partial charge in [-0.1, -0.05) is 18.9 Å². The number of esters is 1. The van der Waals surface area contributed by atoms with Gasteiger partial charge < -0.3 is 4.74 Å². The quantitative estimate of drug-likeness (QED) is 0.244. The van der Waals surface area contributed by atoms with E-state index in [-0.39, 0.29) is 17.2 Å². The van der Waals surface area contributed by atoms with Crippen LogP contribution in [0.15, 0.2) is 11.6 Å². The number of allylic oxidation sites excluding steroid dienone is 1. The summed E-state index contributed by atoms with van der Waals surface area (Å²) in [6, 6.07) is 0. The van der Waals surface area contributed by atoms with Crippen molar-refractivity contribution in [2.45, 2.75) is 25.7 Å². The van der Waals surface area contributed by atoms with E-state index in [1.807, 2.05) is 0 Å². The summed E-state index contributed by atoms with van der Waals surface area (Å²) in [5.41, 5.74) is 0.111. The van der Waals surface area contributed by atoms with Crippen LogP contribution in [-0.2, 0) is 14.3 Å². The molecule has 0 aliphatic heterocycles. The van der Waals surface area contributed by atoms with E-state index in [0.29, 0.717) is 5.92 Å². The van der Waals surface area contributed by atoms with Crippen molar-refractivity contribution in [2.24, 2.45) is 5.92 Å². The molecule has 15 heavy (non-hydrogen) atoms. The third-order valence-corrected chi connectivity index (χ3v) is 2.87. The molecule has 3 nitrogen and oxygen atoms in total. The maximum Gasteiger partial charge on any atom is 0.341 e. The zero-order valence-corrected chi connectivity index (χ0v) is 9.55. The van der Waals surface area contributed by atoms with E-state index >= 15 is 0 Å². The molecule has 1 aliphatic rings. The maximum absolute atomic E-state index is 11.4. The number of Topliss-reactive ketones (excluding diaryl/α,β-unsaturated/α-hetero) is 1. The third-order valence-electron chi connectivity index (χ3n) is 2.63. The van der Waals surface area contributed by atoms with E-state index < -0.39 is 5.97 Å². The van der Waals surface area contributed by atoms with Crippen LogP contribution in [0.5, 0.6) is 0 Å². The van der Waals surface area contributed by atoms with Gasteiger partial charge in [-0.05, 0) is 18.8 Å². The van der Waals surface area contributed by atoms with Gasteiger partial charge in [0.2, 0.25) is 0 Å². The third kappa shape index (κ3) is 3.34. The Labute approximate surface area is 94.4 Å². The second-order valence-electron chi connectivity index (χ2n) is 3.67. The van der Waals surface area contributed by atoms with Crippen LogP contribution in [0.4, 0.5) is 0 Å². The Morgan fingerprint density at radius 3 is 2.47 bits per heavy atom. The van der Waals surface area contributed by atoms with Crippen LogP contribution in [0, 0.1) is 5.92 Å². The zero-order chi connectivity index (χ0) is 11.3. The average molecular weight is 231 g/mol. The molecule has 0 N–H and O–H groups in total. The average Bonchev–Trinajstić information content (AvgIpc) is 2.76. The number of methoxy groups -OCH3 is 1. The topological polar surface area (TPSA) is 43.4 Å². The number of hydrogen-bond acceptors (Lipinski definition) is 3. The molecule has 1 rings (SSSR count). The predicted molar refractivity (Wildman–Crippen MR) is 57.8 cm³/mol. The SMILES string of the molecule is COC(=O)/C(=C\C1CCCC1)C(=O)CCl. The van der Waals surface area contributed by atoms with Gasteiger partial charge in [-0.25, -0.2) is 4.79 Å². The Morgan fingerprint density at radius 1 is 1.40 bits per heavy atom. The van der Waals surface area contributed by atoms with Crippen LogP contribution in [0.3, 0.4) is 0 Å². The summed E-state index contributed by atoms with van der Waals surface area (Å²) in [7, 11) is 1.27. The van der Waals surface area contributed by atoms with E-state index in [1.54, 1.807) is 6.08 Å². The summed E-state index contributed by atoms with van der Waals surface area (Å²) in [5, 5.41) is 0. The second kappa shape index (κ2) is 5.91. The number of carbonyl (C=O) groups excluding carboxylic acids is 2. The van der Waals surface area contributed by atoms with Crippen molar-refractivity contribution in [1.29, 1.82) is 0 Å². The van der Waals surface area contributed by atoms with Crippen molar-refractivity contribution in [3.05, 3.63) is 11.6 Å². The minimum absolute atomic E-state index is 0.111. The molecule has 1 aliphatic carbocycles. The molecule has 1 saturated carbocycles. The Kier molecular flexibility index (Phi) is 4.82. The molecule has 0 atom stereocenters. The number of alkyl halides is 1. The van der Waals surface area contributed by atoms with Crippen LogP contribution < -0.4 is 0 Å². The van der Waals surface area contributed by atoms with Crippen LogP contribution in [0.2, 0.25) is 0 Å². The van der Waals surface area contributed by atoms with Gasteiger partial charge in [-0.2, -0.15) is 0 Å². The van der Waals surface area contributed by atoms with Crippen LogP contribution >= 0.6 is 11.6 Å². The number of carbonyl (C=O) groups is 2. The highest BCUT2D eigenvalue weighted by molar-refractivity contribution is 6.34. The summed E-state index contributed by atoms with van der Waals surface area (Å²) in [5.74, 6) is -0.776. The van der Waals surface area contributed by atoms with E-state index in [9.17, 15) is 9.59 Å². The minimum Gasteiger partial charge on any atom is -0.465 e. The molecule has 84 valence electrons. The molecule has 0 unspecified atom stereocenters. The maximum atomic E-state index is 11.4. The van der Waals surface area contributed by atoms with Gasteiger partial charge in [0, 0.05) is 0 Å². The molecule has 0 aromatic heterocycles. The number of ketones is 1. The monoisotopic (exact) mass is 230 g/mol. The molecule has 0 saturated heterocycles. The first-order valence-corrected chi connectivity index (χ1v) is 5.61. The van der Waals surface area contributed by atoms with Crippen molar-refractivity contribution in [3.8, 4) is 0 Å². The summed E-state index contributed by atoms with van der Waals surface area (Å²) in [4.78, 5) is 22.7. The summed E-state index contributed by atoms with van der Waals surface area (Å²) in [6.07, 6.45) is 6.12. The second-order valence-corrected chi connectivity index (χ2v) is 3.94. The molecule has 4 heteroatoms. The number of hydrogen-bond donors (Lipinski definition) is 0. The number of ether oxygens (including phenoxy) is 1. The first-order chi connectivity index (χ1) is 7.19. The molecule has 0 aromatic rings. The predicted octanol–water partition coefficient (Wildman–Crippen LogP) is 2.08. The lowest BCUT2D eigenvalue weighted by Gasteiger charge is -2.06. The normalized spacial score (nSPS) is 17.9. The smallest absolute Gasteiger partial charge is 0.341 e. The lowest BCUT2D eigenvalue weighted by molar-refractivity contribution is -0.137. The molecule has 0 heterocycles. The van der Waals surface area contributed by atoms with E-state index in [4.69, 9.17) is 11.6 Å². The van der Waals surface area contributed by atoms with E-state index in [0.717, 1.165) is 25.7 Å². The van der Waals surface area contributed by atoms with E-state index in [2.05, 4.69) is 4.74 Å². The van der Waals surface area contributed by atoms with Crippen LogP contribution in [0.25, 0.3) is 0 Å². The fourth-order valence-corrected chi connectivity index (χ4v) is 1.96.